The first kappa shape index (κ1) is 12.4. The van der Waals surface area contributed by atoms with Crippen LogP contribution in [0.2, 0.25) is 0 Å². The summed E-state index contributed by atoms with van der Waals surface area (Å²) in [5.41, 5.74) is -0.267. The molecule has 1 aromatic rings. The Balaban J connectivity index is 2.33. The monoisotopic (exact) mass is 266 g/mol. The highest BCUT2D eigenvalue weighted by molar-refractivity contribution is 7.89. The summed E-state index contributed by atoms with van der Waals surface area (Å²) in [5.74, 6) is -0.895. The fourth-order valence-electron chi connectivity index (χ4n) is 1.82. The van der Waals surface area contributed by atoms with Crippen molar-refractivity contribution in [3.05, 3.63) is 29.8 Å². The number of rotatable bonds is 4. The molecular formula is C11H10N2O4S. The van der Waals surface area contributed by atoms with Crippen LogP contribution in [0.15, 0.2) is 29.2 Å². The largest absolute Gasteiger partial charge is 0.481 e. The second-order valence-corrected chi connectivity index (χ2v) is 5.81. The minimum absolute atomic E-state index is 0.0611. The Morgan fingerprint density at radius 1 is 1.33 bits per heavy atom. The second-order valence-electron chi connectivity index (χ2n) is 4.13. The van der Waals surface area contributed by atoms with E-state index in [0.717, 1.165) is 0 Å². The summed E-state index contributed by atoms with van der Waals surface area (Å²) in [6, 6.07) is 5.57. The van der Waals surface area contributed by atoms with Crippen molar-refractivity contribution in [3.8, 4) is 6.19 Å². The number of carbonyl (C=O) groups is 1. The lowest BCUT2D eigenvalue weighted by Crippen LogP contribution is -2.21. The molecule has 0 aliphatic heterocycles. The maximum Gasteiger partial charge on any atom is 0.314 e. The second kappa shape index (κ2) is 3.99. The molecule has 1 aliphatic rings. The number of carboxylic acids is 1. The van der Waals surface area contributed by atoms with E-state index < -0.39 is 21.4 Å². The highest BCUT2D eigenvalue weighted by Gasteiger charge is 2.51. The molecule has 0 aromatic heterocycles. The number of hydrogen-bond acceptors (Lipinski definition) is 4. The molecule has 1 aromatic carbocycles. The van der Waals surface area contributed by atoms with Gasteiger partial charge in [-0.3, -0.25) is 4.79 Å². The van der Waals surface area contributed by atoms with Crippen LogP contribution in [-0.2, 0) is 20.2 Å². The van der Waals surface area contributed by atoms with E-state index in [9.17, 15) is 13.2 Å². The van der Waals surface area contributed by atoms with E-state index in [-0.39, 0.29) is 4.90 Å². The Morgan fingerprint density at radius 3 is 2.28 bits per heavy atom. The summed E-state index contributed by atoms with van der Waals surface area (Å²) in [6.45, 7) is 0. The van der Waals surface area contributed by atoms with Crippen LogP contribution in [0.1, 0.15) is 18.4 Å². The molecular weight excluding hydrogens is 256 g/mol. The van der Waals surface area contributed by atoms with Gasteiger partial charge in [-0.2, -0.15) is 5.26 Å². The minimum atomic E-state index is -3.83. The van der Waals surface area contributed by atoms with Gasteiger partial charge >= 0.3 is 5.97 Å². The number of nitriles is 1. The Hall–Kier alpha value is -2.07. The van der Waals surface area contributed by atoms with Crippen LogP contribution in [0.5, 0.6) is 0 Å². The summed E-state index contributed by atoms with van der Waals surface area (Å²) in [7, 11) is -3.83. The third-order valence-corrected chi connectivity index (χ3v) is 4.31. The summed E-state index contributed by atoms with van der Waals surface area (Å²) in [4.78, 5) is 11.0. The van der Waals surface area contributed by atoms with Crippen molar-refractivity contribution in [2.45, 2.75) is 23.2 Å². The Labute approximate surface area is 104 Å². The molecule has 0 amide bonds. The van der Waals surface area contributed by atoms with Crippen LogP contribution in [0.3, 0.4) is 0 Å². The van der Waals surface area contributed by atoms with Gasteiger partial charge in [-0.25, -0.2) is 13.1 Å². The molecule has 0 saturated heterocycles. The van der Waals surface area contributed by atoms with E-state index >= 15 is 0 Å². The van der Waals surface area contributed by atoms with Crippen molar-refractivity contribution in [1.82, 2.24) is 4.72 Å². The molecule has 0 radical (unpaired) electrons. The highest BCUT2D eigenvalue weighted by Crippen LogP contribution is 2.48. The molecule has 1 saturated carbocycles. The van der Waals surface area contributed by atoms with Gasteiger partial charge in [0.05, 0.1) is 10.3 Å². The molecule has 0 unspecified atom stereocenters. The van der Waals surface area contributed by atoms with Crippen LogP contribution in [0.4, 0.5) is 0 Å². The van der Waals surface area contributed by atoms with Gasteiger partial charge < -0.3 is 5.11 Å². The van der Waals surface area contributed by atoms with Gasteiger partial charge in [-0.15, -0.1) is 0 Å². The van der Waals surface area contributed by atoms with Crippen LogP contribution >= 0.6 is 0 Å². The fraction of sp³-hybridized carbons (Fsp3) is 0.273. The SMILES string of the molecule is N#CNS(=O)(=O)c1ccc(C2(C(=O)O)CC2)cc1. The normalized spacial score (nSPS) is 16.6. The molecule has 1 aliphatic carbocycles. The number of hydrogen-bond donors (Lipinski definition) is 2. The third kappa shape index (κ3) is 1.91. The molecule has 2 rings (SSSR count). The number of sulfonamides is 1. The lowest BCUT2D eigenvalue weighted by atomic mass is 9.96. The zero-order chi connectivity index (χ0) is 13.4. The average Bonchev–Trinajstić information content (AvgIpc) is 3.10. The van der Waals surface area contributed by atoms with E-state index in [1.165, 1.54) is 30.5 Å². The predicted molar refractivity (Wildman–Crippen MR) is 60.9 cm³/mol. The first-order chi connectivity index (χ1) is 8.42. The molecule has 2 N–H and O–H groups in total. The van der Waals surface area contributed by atoms with Crippen LogP contribution in [-0.4, -0.2) is 19.5 Å². The zero-order valence-electron chi connectivity index (χ0n) is 9.25. The van der Waals surface area contributed by atoms with Crippen molar-refractivity contribution in [2.24, 2.45) is 0 Å². The topological polar surface area (TPSA) is 107 Å². The number of carboxylic acid groups (broad SMARTS) is 1. The van der Waals surface area contributed by atoms with Crippen LogP contribution in [0, 0.1) is 11.5 Å². The molecule has 0 spiro atoms. The smallest absolute Gasteiger partial charge is 0.314 e. The number of nitrogens with zero attached hydrogens (tertiary/aromatic N) is 1. The molecule has 94 valence electrons. The summed E-state index contributed by atoms with van der Waals surface area (Å²) in [6.07, 6.45) is 2.47. The van der Waals surface area contributed by atoms with Gasteiger partial charge in [0.25, 0.3) is 10.0 Å². The standard InChI is InChI=1S/C11H10N2O4S/c12-7-13-18(16,17)9-3-1-8(2-4-9)11(5-6-11)10(14)15/h1-4,13H,5-6H2,(H,14,15). The fourth-order valence-corrected chi connectivity index (χ4v) is 2.56. The predicted octanol–water partition coefficient (Wildman–Crippen LogP) is 0.562. The van der Waals surface area contributed by atoms with Gasteiger partial charge in [0.15, 0.2) is 6.19 Å². The quantitative estimate of drug-likeness (QED) is 0.611. The zero-order valence-corrected chi connectivity index (χ0v) is 10.1. The molecule has 0 atom stereocenters. The van der Waals surface area contributed by atoms with Gasteiger partial charge in [0.1, 0.15) is 0 Å². The molecule has 1 fully saturated rings. The van der Waals surface area contributed by atoms with Crippen molar-refractivity contribution in [2.75, 3.05) is 0 Å². The first-order valence-electron chi connectivity index (χ1n) is 5.17. The van der Waals surface area contributed by atoms with E-state index in [2.05, 4.69) is 0 Å². The lowest BCUT2D eigenvalue weighted by molar-refractivity contribution is -0.140. The number of benzene rings is 1. The summed E-state index contributed by atoms with van der Waals surface area (Å²) >= 11 is 0. The van der Waals surface area contributed by atoms with Gasteiger partial charge in [-0.1, -0.05) is 12.1 Å². The molecule has 0 heterocycles. The third-order valence-electron chi connectivity index (χ3n) is 3.06. The minimum Gasteiger partial charge on any atom is -0.481 e. The maximum absolute atomic E-state index is 11.5. The number of nitrogens with one attached hydrogen (secondary N) is 1. The van der Waals surface area contributed by atoms with Crippen LogP contribution in [0.25, 0.3) is 0 Å². The van der Waals surface area contributed by atoms with Crippen molar-refractivity contribution in [3.63, 3.8) is 0 Å². The Morgan fingerprint density at radius 2 is 1.89 bits per heavy atom. The molecule has 6 nitrogen and oxygen atoms in total. The van der Waals surface area contributed by atoms with E-state index in [1.54, 1.807) is 4.72 Å². The molecule has 7 heteroatoms. The first-order valence-corrected chi connectivity index (χ1v) is 6.65. The van der Waals surface area contributed by atoms with Crippen LogP contribution < -0.4 is 4.72 Å². The lowest BCUT2D eigenvalue weighted by Gasteiger charge is -2.10. The van der Waals surface area contributed by atoms with Crippen molar-refractivity contribution >= 4 is 16.0 Å². The van der Waals surface area contributed by atoms with E-state index in [1.807, 2.05) is 0 Å². The molecule has 0 bridgehead atoms. The van der Waals surface area contributed by atoms with Crippen molar-refractivity contribution in [1.29, 1.82) is 5.26 Å². The Bertz CT molecular complexity index is 624. The number of aliphatic carboxylic acids is 1. The van der Waals surface area contributed by atoms with Crippen molar-refractivity contribution < 1.29 is 18.3 Å². The van der Waals surface area contributed by atoms with Gasteiger partial charge in [-0.05, 0) is 30.5 Å². The average molecular weight is 266 g/mol. The van der Waals surface area contributed by atoms with Gasteiger partial charge in [0, 0.05) is 0 Å². The van der Waals surface area contributed by atoms with E-state index in [0.29, 0.717) is 18.4 Å². The van der Waals surface area contributed by atoms with Gasteiger partial charge in [0.2, 0.25) is 0 Å². The summed E-state index contributed by atoms with van der Waals surface area (Å²) < 4.78 is 24.7. The molecule has 18 heavy (non-hydrogen) atoms. The maximum atomic E-state index is 11.5. The highest BCUT2D eigenvalue weighted by atomic mass is 32.2. The summed E-state index contributed by atoms with van der Waals surface area (Å²) in [5, 5.41) is 17.4. The Kier molecular flexibility index (Phi) is 2.75. The van der Waals surface area contributed by atoms with E-state index in [4.69, 9.17) is 10.4 Å².